The van der Waals surface area contributed by atoms with E-state index in [2.05, 4.69) is 0 Å². The van der Waals surface area contributed by atoms with Gasteiger partial charge in [-0.15, -0.1) is 11.6 Å². The van der Waals surface area contributed by atoms with E-state index >= 15 is 0 Å². The van der Waals surface area contributed by atoms with E-state index < -0.39 is 51.4 Å². The first kappa shape index (κ1) is 14.7. The Morgan fingerprint density at radius 2 is 1.15 bits per heavy atom. The van der Waals surface area contributed by atoms with Crippen LogP contribution in [0, 0.1) is 34.9 Å². The predicted molar refractivity (Wildman–Crippen MR) is 60.3 cm³/mol. The summed E-state index contributed by atoms with van der Waals surface area (Å²) in [7, 11) is 0. The van der Waals surface area contributed by atoms with Gasteiger partial charge in [0.25, 0.3) is 0 Å². The van der Waals surface area contributed by atoms with Crippen molar-refractivity contribution in [3.8, 4) is 0 Å². The third-order valence-electron chi connectivity index (χ3n) is 2.60. The van der Waals surface area contributed by atoms with E-state index in [1.807, 2.05) is 0 Å². The maximum atomic E-state index is 13.5. The molecular formula is C13H5ClF6. The molecule has 2 rings (SSSR count). The average molecular weight is 311 g/mol. The number of alkyl halides is 1. The van der Waals surface area contributed by atoms with Gasteiger partial charge in [0.2, 0.25) is 0 Å². The van der Waals surface area contributed by atoms with Crippen molar-refractivity contribution in [1.82, 2.24) is 0 Å². The van der Waals surface area contributed by atoms with Crippen LogP contribution < -0.4 is 0 Å². The van der Waals surface area contributed by atoms with Crippen LogP contribution in [0.4, 0.5) is 26.3 Å². The second-order valence-electron chi connectivity index (χ2n) is 3.94. The van der Waals surface area contributed by atoms with Crippen molar-refractivity contribution in [3.63, 3.8) is 0 Å². The van der Waals surface area contributed by atoms with E-state index in [0.717, 1.165) is 0 Å². The van der Waals surface area contributed by atoms with E-state index in [9.17, 15) is 26.3 Å². The number of hydrogen-bond donors (Lipinski definition) is 0. The lowest BCUT2D eigenvalue weighted by Crippen LogP contribution is -2.04. The molecule has 1 unspecified atom stereocenters. The fourth-order valence-corrected chi connectivity index (χ4v) is 2.02. The summed E-state index contributed by atoms with van der Waals surface area (Å²) in [5.74, 6) is -8.61. The van der Waals surface area contributed by atoms with Gasteiger partial charge in [0.05, 0.1) is 5.38 Å². The molecule has 0 heterocycles. The molecule has 0 aliphatic rings. The van der Waals surface area contributed by atoms with Crippen LogP contribution >= 0.6 is 11.6 Å². The molecule has 2 aromatic carbocycles. The van der Waals surface area contributed by atoms with Crippen LogP contribution in [0.2, 0.25) is 0 Å². The van der Waals surface area contributed by atoms with Gasteiger partial charge < -0.3 is 0 Å². The Morgan fingerprint density at radius 1 is 0.700 bits per heavy atom. The van der Waals surface area contributed by atoms with Gasteiger partial charge >= 0.3 is 0 Å². The van der Waals surface area contributed by atoms with Crippen LogP contribution in [0.3, 0.4) is 0 Å². The van der Waals surface area contributed by atoms with E-state index in [-0.39, 0.29) is 0 Å². The van der Waals surface area contributed by atoms with E-state index in [4.69, 9.17) is 11.6 Å². The molecule has 0 bridgehead atoms. The fourth-order valence-electron chi connectivity index (χ4n) is 1.68. The van der Waals surface area contributed by atoms with Gasteiger partial charge in [0.1, 0.15) is 17.5 Å². The Balaban J connectivity index is 2.55. The van der Waals surface area contributed by atoms with Crippen molar-refractivity contribution in [3.05, 3.63) is 70.3 Å². The molecule has 0 fully saturated rings. The Morgan fingerprint density at radius 3 is 1.60 bits per heavy atom. The summed E-state index contributed by atoms with van der Waals surface area (Å²) in [5.41, 5.74) is -1.18. The lowest BCUT2D eigenvalue weighted by Gasteiger charge is -2.13. The average Bonchev–Trinajstić information content (AvgIpc) is 2.33. The minimum absolute atomic E-state index is 0.379. The molecule has 0 saturated heterocycles. The quantitative estimate of drug-likeness (QED) is 0.422. The van der Waals surface area contributed by atoms with Crippen molar-refractivity contribution in [2.75, 3.05) is 0 Å². The summed E-state index contributed by atoms with van der Waals surface area (Å²) in [5, 5.41) is -1.64. The molecule has 0 aromatic heterocycles. The first-order chi connectivity index (χ1) is 9.31. The monoisotopic (exact) mass is 310 g/mol. The second-order valence-corrected chi connectivity index (χ2v) is 4.38. The summed E-state index contributed by atoms with van der Waals surface area (Å²) in [4.78, 5) is 0. The number of rotatable bonds is 2. The van der Waals surface area contributed by atoms with Crippen molar-refractivity contribution in [2.45, 2.75) is 5.38 Å². The van der Waals surface area contributed by atoms with Crippen LogP contribution in [0.5, 0.6) is 0 Å². The highest BCUT2D eigenvalue weighted by Gasteiger charge is 2.23. The fraction of sp³-hybridized carbons (Fsp3) is 0.0769. The van der Waals surface area contributed by atoms with Crippen LogP contribution in [0.25, 0.3) is 0 Å². The first-order valence-corrected chi connectivity index (χ1v) is 5.68. The summed E-state index contributed by atoms with van der Waals surface area (Å²) in [6.07, 6.45) is 0. The number of hydrogen-bond acceptors (Lipinski definition) is 0. The summed E-state index contributed by atoms with van der Waals surface area (Å²) < 4.78 is 78.7. The van der Waals surface area contributed by atoms with E-state index in [1.54, 1.807) is 0 Å². The molecule has 106 valence electrons. The SMILES string of the molecule is Fc1cc(F)c(C(Cl)c2cc(F)c(F)c(F)c2)c(F)c1. The highest BCUT2D eigenvalue weighted by atomic mass is 35.5. The van der Waals surface area contributed by atoms with Gasteiger partial charge in [-0.3, -0.25) is 0 Å². The Bertz CT molecular complexity index is 624. The highest BCUT2D eigenvalue weighted by molar-refractivity contribution is 6.22. The maximum absolute atomic E-state index is 13.5. The van der Waals surface area contributed by atoms with Crippen LogP contribution in [-0.2, 0) is 0 Å². The molecule has 7 heteroatoms. The van der Waals surface area contributed by atoms with Gasteiger partial charge in [0.15, 0.2) is 17.5 Å². The maximum Gasteiger partial charge on any atom is 0.194 e. The molecule has 20 heavy (non-hydrogen) atoms. The summed E-state index contributed by atoms with van der Waals surface area (Å²) in [6.45, 7) is 0. The molecule has 0 amide bonds. The van der Waals surface area contributed by atoms with E-state index in [1.165, 1.54) is 0 Å². The van der Waals surface area contributed by atoms with Crippen LogP contribution in [0.1, 0.15) is 16.5 Å². The zero-order valence-corrected chi connectivity index (χ0v) is 10.3. The molecule has 0 saturated carbocycles. The lowest BCUT2D eigenvalue weighted by molar-refractivity contribution is 0.445. The first-order valence-electron chi connectivity index (χ1n) is 5.24. The predicted octanol–water partition coefficient (Wildman–Crippen LogP) is 4.85. The van der Waals surface area contributed by atoms with E-state index in [0.29, 0.717) is 24.3 Å². The molecule has 0 aliphatic carbocycles. The zero-order chi connectivity index (χ0) is 15.0. The summed E-state index contributed by atoms with van der Waals surface area (Å²) >= 11 is 5.73. The third-order valence-corrected chi connectivity index (χ3v) is 3.07. The van der Waals surface area contributed by atoms with Gasteiger partial charge in [-0.2, -0.15) is 0 Å². The summed E-state index contributed by atoms with van der Waals surface area (Å²) in [6, 6.07) is 1.78. The minimum Gasteiger partial charge on any atom is -0.207 e. The second kappa shape index (κ2) is 5.36. The Labute approximate surface area is 114 Å². The normalized spacial score (nSPS) is 12.6. The molecular weight excluding hydrogens is 306 g/mol. The largest absolute Gasteiger partial charge is 0.207 e. The van der Waals surface area contributed by atoms with Crippen molar-refractivity contribution < 1.29 is 26.3 Å². The molecule has 2 aromatic rings. The van der Waals surface area contributed by atoms with Crippen molar-refractivity contribution in [1.29, 1.82) is 0 Å². The van der Waals surface area contributed by atoms with Gasteiger partial charge in [0, 0.05) is 17.7 Å². The number of benzene rings is 2. The van der Waals surface area contributed by atoms with Crippen LogP contribution in [-0.4, -0.2) is 0 Å². The highest BCUT2D eigenvalue weighted by Crippen LogP contribution is 2.34. The molecule has 0 aliphatic heterocycles. The third kappa shape index (κ3) is 2.60. The van der Waals surface area contributed by atoms with Gasteiger partial charge in [-0.1, -0.05) is 0 Å². The molecule has 0 N–H and O–H groups in total. The smallest absolute Gasteiger partial charge is 0.194 e. The Kier molecular flexibility index (Phi) is 3.94. The topological polar surface area (TPSA) is 0 Å². The lowest BCUT2D eigenvalue weighted by atomic mass is 10.0. The molecule has 1 atom stereocenters. The number of halogens is 7. The molecule has 0 radical (unpaired) electrons. The van der Waals surface area contributed by atoms with Gasteiger partial charge in [-0.05, 0) is 17.7 Å². The minimum atomic E-state index is -1.72. The van der Waals surface area contributed by atoms with Crippen LogP contribution in [0.15, 0.2) is 24.3 Å². The standard InChI is InChI=1S/C13H5ClF6/c14-12(5-1-9(18)13(20)10(19)2-5)11-7(16)3-6(15)4-8(11)17/h1-4,12H. The Hall–Kier alpha value is -1.69. The van der Waals surface area contributed by atoms with Crippen molar-refractivity contribution >= 4 is 11.6 Å². The molecule has 0 spiro atoms. The molecule has 0 nitrogen and oxygen atoms in total. The van der Waals surface area contributed by atoms with Gasteiger partial charge in [-0.25, -0.2) is 26.3 Å². The van der Waals surface area contributed by atoms with Crippen molar-refractivity contribution in [2.24, 2.45) is 0 Å². The zero-order valence-electron chi connectivity index (χ0n) is 9.53.